The third-order valence-electron chi connectivity index (χ3n) is 3.44. The molecule has 1 aliphatic rings. The first-order chi connectivity index (χ1) is 11.3. The summed E-state index contributed by atoms with van der Waals surface area (Å²) in [6.07, 6.45) is 3.57. The smallest absolute Gasteiger partial charge is 0.191 e. The third kappa shape index (κ3) is 8.98. The van der Waals surface area contributed by atoms with Crippen molar-refractivity contribution in [2.45, 2.75) is 38.8 Å². The molecular formula is C16H27BrIN3O2S. The molecule has 1 aliphatic heterocycles. The highest BCUT2D eigenvalue weighted by atomic mass is 127. The van der Waals surface area contributed by atoms with Crippen molar-refractivity contribution >= 4 is 57.2 Å². The van der Waals surface area contributed by atoms with Crippen LogP contribution < -0.4 is 10.6 Å². The van der Waals surface area contributed by atoms with Crippen molar-refractivity contribution in [3.05, 3.63) is 20.8 Å². The molecule has 1 atom stereocenters. The van der Waals surface area contributed by atoms with Gasteiger partial charge in [-0.25, -0.2) is 4.99 Å². The van der Waals surface area contributed by atoms with Crippen molar-refractivity contribution in [1.82, 2.24) is 10.6 Å². The van der Waals surface area contributed by atoms with E-state index in [0.29, 0.717) is 12.6 Å². The van der Waals surface area contributed by atoms with E-state index in [1.807, 2.05) is 0 Å². The number of guanidine groups is 1. The predicted octanol–water partition coefficient (Wildman–Crippen LogP) is 3.77. The minimum Gasteiger partial charge on any atom is -0.379 e. The molecule has 0 spiro atoms. The van der Waals surface area contributed by atoms with E-state index >= 15 is 0 Å². The summed E-state index contributed by atoms with van der Waals surface area (Å²) in [5.41, 5.74) is 0. The normalized spacial score (nSPS) is 17.6. The number of hydrogen-bond donors (Lipinski definition) is 2. The van der Waals surface area contributed by atoms with Crippen molar-refractivity contribution in [3.8, 4) is 0 Å². The average molecular weight is 532 g/mol. The number of nitrogens with one attached hydrogen (secondary N) is 2. The van der Waals surface area contributed by atoms with Crippen LogP contribution in [0.1, 0.15) is 31.1 Å². The summed E-state index contributed by atoms with van der Waals surface area (Å²) in [5, 5.41) is 8.69. The fourth-order valence-corrected chi connectivity index (χ4v) is 3.68. The Morgan fingerprint density at radius 3 is 3.04 bits per heavy atom. The number of rotatable bonds is 9. The fraction of sp³-hybridized carbons (Fsp3) is 0.688. The molecule has 0 aliphatic carbocycles. The molecule has 0 saturated carbocycles. The van der Waals surface area contributed by atoms with E-state index in [1.165, 1.54) is 11.3 Å². The topological polar surface area (TPSA) is 54.9 Å². The van der Waals surface area contributed by atoms with E-state index < -0.39 is 0 Å². The van der Waals surface area contributed by atoms with Gasteiger partial charge in [-0.15, -0.1) is 35.3 Å². The van der Waals surface area contributed by atoms with Crippen LogP contribution in [0.5, 0.6) is 0 Å². The molecule has 24 heavy (non-hydrogen) atoms. The lowest BCUT2D eigenvalue weighted by molar-refractivity contribution is 0.0168. The Balaban J connectivity index is 0.00000288. The Labute approximate surface area is 174 Å². The van der Waals surface area contributed by atoms with Crippen molar-refractivity contribution in [2.75, 3.05) is 32.9 Å². The summed E-state index contributed by atoms with van der Waals surface area (Å²) in [6, 6.07) is 2.11. The molecule has 8 heteroatoms. The van der Waals surface area contributed by atoms with Gasteiger partial charge in [0, 0.05) is 41.0 Å². The quantitative estimate of drug-likeness (QED) is 0.220. The molecular weight excluding hydrogens is 505 g/mol. The van der Waals surface area contributed by atoms with Gasteiger partial charge in [0.15, 0.2) is 5.96 Å². The van der Waals surface area contributed by atoms with Gasteiger partial charge in [-0.1, -0.05) is 0 Å². The van der Waals surface area contributed by atoms with Crippen LogP contribution >= 0.6 is 51.2 Å². The highest BCUT2D eigenvalue weighted by molar-refractivity contribution is 14.0. The average Bonchev–Trinajstić information content (AvgIpc) is 3.19. The number of hydrogen-bond acceptors (Lipinski definition) is 4. The van der Waals surface area contributed by atoms with E-state index in [1.54, 1.807) is 11.3 Å². The Morgan fingerprint density at radius 2 is 2.38 bits per heavy atom. The Kier molecular flexibility index (Phi) is 12.3. The Morgan fingerprint density at radius 1 is 1.50 bits per heavy atom. The number of ether oxygens (including phenoxy) is 2. The van der Waals surface area contributed by atoms with Crippen LogP contribution in [-0.4, -0.2) is 45.0 Å². The van der Waals surface area contributed by atoms with Crippen LogP contribution in [0.4, 0.5) is 0 Å². The second kappa shape index (κ2) is 13.3. The molecule has 0 amide bonds. The van der Waals surface area contributed by atoms with Gasteiger partial charge in [-0.2, -0.15) is 0 Å². The van der Waals surface area contributed by atoms with Crippen molar-refractivity contribution in [3.63, 3.8) is 0 Å². The Bertz CT molecular complexity index is 482. The molecule has 1 aromatic rings. The molecule has 2 N–H and O–H groups in total. The molecule has 1 aromatic heterocycles. The molecule has 5 nitrogen and oxygen atoms in total. The van der Waals surface area contributed by atoms with Crippen molar-refractivity contribution in [2.24, 2.45) is 4.99 Å². The summed E-state index contributed by atoms with van der Waals surface area (Å²) >= 11 is 5.18. The van der Waals surface area contributed by atoms with Crippen molar-refractivity contribution in [1.29, 1.82) is 0 Å². The molecule has 2 heterocycles. The van der Waals surface area contributed by atoms with Crippen LogP contribution in [0.15, 0.2) is 20.9 Å². The summed E-state index contributed by atoms with van der Waals surface area (Å²) in [4.78, 5) is 5.85. The van der Waals surface area contributed by atoms with Gasteiger partial charge in [0.05, 0.1) is 19.3 Å². The van der Waals surface area contributed by atoms with Crippen LogP contribution in [0.2, 0.25) is 0 Å². The van der Waals surface area contributed by atoms with Gasteiger partial charge in [0.25, 0.3) is 0 Å². The lowest BCUT2D eigenvalue weighted by Gasteiger charge is -2.12. The van der Waals surface area contributed by atoms with Gasteiger partial charge in [-0.3, -0.25) is 0 Å². The fourth-order valence-electron chi connectivity index (χ4n) is 2.31. The molecule has 1 fully saturated rings. The monoisotopic (exact) mass is 531 g/mol. The molecule has 138 valence electrons. The van der Waals surface area contributed by atoms with Crippen LogP contribution in [0, 0.1) is 0 Å². The van der Waals surface area contributed by atoms with Gasteiger partial charge in [0.1, 0.15) is 0 Å². The first-order valence-corrected chi connectivity index (χ1v) is 9.89. The maximum Gasteiger partial charge on any atom is 0.191 e. The van der Waals surface area contributed by atoms with E-state index in [9.17, 15) is 0 Å². The highest BCUT2D eigenvalue weighted by Gasteiger charge is 2.14. The summed E-state index contributed by atoms with van der Waals surface area (Å²) in [7, 11) is 0. The molecule has 1 saturated heterocycles. The van der Waals surface area contributed by atoms with E-state index in [4.69, 9.17) is 9.47 Å². The van der Waals surface area contributed by atoms with E-state index in [0.717, 1.165) is 56.2 Å². The van der Waals surface area contributed by atoms with E-state index in [-0.39, 0.29) is 24.0 Å². The third-order valence-corrected chi connectivity index (χ3v) is 5.13. The van der Waals surface area contributed by atoms with Gasteiger partial charge < -0.3 is 20.1 Å². The highest BCUT2D eigenvalue weighted by Crippen LogP contribution is 2.20. The number of aliphatic imine (C=N–C) groups is 1. The summed E-state index contributed by atoms with van der Waals surface area (Å²) in [6.45, 7) is 6.84. The zero-order valence-corrected chi connectivity index (χ0v) is 18.8. The molecule has 2 rings (SSSR count). The summed E-state index contributed by atoms with van der Waals surface area (Å²) < 4.78 is 12.3. The maximum absolute atomic E-state index is 5.66. The Hall–Kier alpha value is 0.1000. The van der Waals surface area contributed by atoms with Crippen molar-refractivity contribution < 1.29 is 9.47 Å². The second-order valence-corrected chi connectivity index (χ2v) is 7.33. The molecule has 1 unspecified atom stereocenters. The predicted molar refractivity (Wildman–Crippen MR) is 115 cm³/mol. The van der Waals surface area contributed by atoms with Crippen LogP contribution in [0.3, 0.4) is 0 Å². The minimum atomic E-state index is 0. The zero-order valence-electron chi connectivity index (χ0n) is 14.1. The van der Waals surface area contributed by atoms with Crippen LogP contribution in [0.25, 0.3) is 0 Å². The van der Waals surface area contributed by atoms with Gasteiger partial charge in [-0.05, 0) is 48.2 Å². The van der Waals surface area contributed by atoms with Crippen LogP contribution in [-0.2, 0) is 16.0 Å². The zero-order chi connectivity index (χ0) is 16.3. The van der Waals surface area contributed by atoms with Gasteiger partial charge >= 0.3 is 0 Å². The number of halogens is 2. The van der Waals surface area contributed by atoms with Gasteiger partial charge in [0.2, 0.25) is 0 Å². The second-order valence-electron chi connectivity index (χ2n) is 5.42. The molecule has 0 aromatic carbocycles. The summed E-state index contributed by atoms with van der Waals surface area (Å²) in [5.74, 6) is 0.858. The molecule has 0 bridgehead atoms. The molecule has 0 radical (unpaired) electrons. The number of nitrogens with zero attached hydrogens (tertiary/aromatic N) is 1. The largest absolute Gasteiger partial charge is 0.379 e. The minimum absolute atomic E-state index is 0. The first kappa shape index (κ1) is 22.1. The lowest BCUT2D eigenvalue weighted by Crippen LogP contribution is -2.38. The lowest BCUT2D eigenvalue weighted by atomic mass is 10.2. The first-order valence-electron chi connectivity index (χ1n) is 8.22. The standard InChI is InChI=1S/C16H26BrN3O2S.HI/c1-2-18-16(20-10-15-9-13(17)12-23-15)19-6-4-7-21-11-14-5-3-8-22-14;/h9,12,14H,2-8,10-11H2,1H3,(H2,18,19,20);1H. The number of thiophene rings is 1. The maximum atomic E-state index is 5.66. The SMILES string of the molecule is CCNC(=NCc1cc(Br)cs1)NCCCOCC1CCCO1.I. The van der Waals surface area contributed by atoms with E-state index in [2.05, 4.69) is 49.9 Å².